The first kappa shape index (κ1) is 16.4. The Morgan fingerprint density at radius 2 is 2.00 bits per heavy atom. The maximum Gasteiger partial charge on any atom is 0.138 e. The molecule has 1 aromatic rings. The van der Waals surface area contributed by atoms with E-state index >= 15 is 0 Å². The fourth-order valence-corrected chi connectivity index (χ4v) is 3.45. The second-order valence-corrected chi connectivity index (χ2v) is 6.32. The SMILES string of the molecule is COC1(C(Cc2ncnn2C(C)C)NN)CCCCCC1. The lowest BCUT2D eigenvalue weighted by atomic mass is 9.84. The fourth-order valence-electron chi connectivity index (χ4n) is 3.45. The van der Waals surface area contributed by atoms with Crippen molar-refractivity contribution >= 4 is 0 Å². The third kappa shape index (κ3) is 3.62. The van der Waals surface area contributed by atoms with Crippen molar-refractivity contribution in [3.63, 3.8) is 0 Å². The van der Waals surface area contributed by atoms with Gasteiger partial charge in [0, 0.05) is 19.6 Å². The quantitative estimate of drug-likeness (QED) is 0.476. The van der Waals surface area contributed by atoms with Crippen molar-refractivity contribution in [2.75, 3.05) is 7.11 Å². The number of hydrogen-bond donors (Lipinski definition) is 2. The van der Waals surface area contributed by atoms with E-state index in [1.807, 2.05) is 11.8 Å². The van der Waals surface area contributed by atoms with Gasteiger partial charge in [-0.3, -0.25) is 11.3 Å². The van der Waals surface area contributed by atoms with Crippen LogP contribution in [0.1, 0.15) is 64.2 Å². The molecule has 21 heavy (non-hydrogen) atoms. The highest BCUT2D eigenvalue weighted by Gasteiger charge is 2.39. The molecule has 0 amide bonds. The fraction of sp³-hybridized carbons (Fsp3) is 0.867. The number of nitrogens with zero attached hydrogens (tertiary/aromatic N) is 3. The van der Waals surface area contributed by atoms with Crippen molar-refractivity contribution < 1.29 is 4.74 Å². The second kappa shape index (κ2) is 7.33. The maximum absolute atomic E-state index is 5.96. The number of nitrogens with one attached hydrogen (secondary N) is 1. The van der Waals surface area contributed by atoms with Gasteiger partial charge in [-0.05, 0) is 26.7 Å². The van der Waals surface area contributed by atoms with E-state index in [1.165, 1.54) is 25.7 Å². The molecule has 1 aliphatic rings. The van der Waals surface area contributed by atoms with E-state index in [0.29, 0.717) is 6.04 Å². The van der Waals surface area contributed by atoms with Crippen LogP contribution in [0.15, 0.2) is 6.33 Å². The summed E-state index contributed by atoms with van der Waals surface area (Å²) in [6, 6.07) is 0.357. The van der Waals surface area contributed by atoms with Crippen LogP contribution in [0.25, 0.3) is 0 Å². The minimum Gasteiger partial charge on any atom is -0.377 e. The van der Waals surface area contributed by atoms with E-state index in [4.69, 9.17) is 10.6 Å². The Kier molecular flexibility index (Phi) is 5.72. The molecule has 6 heteroatoms. The first-order valence-corrected chi connectivity index (χ1v) is 8.02. The van der Waals surface area contributed by atoms with Gasteiger partial charge < -0.3 is 4.74 Å². The van der Waals surface area contributed by atoms with Crippen LogP contribution in [0.2, 0.25) is 0 Å². The number of ether oxygens (including phenoxy) is 1. The second-order valence-electron chi connectivity index (χ2n) is 6.32. The lowest BCUT2D eigenvalue weighted by Crippen LogP contribution is -2.55. The minimum absolute atomic E-state index is 0.0577. The van der Waals surface area contributed by atoms with Gasteiger partial charge in [0.1, 0.15) is 12.2 Å². The first-order chi connectivity index (χ1) is 10.1. The summed E-state index contributed by atoms with van der Waals surface area (Å²) >= 11 is 0. The summed E-state index contributed by atoms with van der Waals surface area (Å²) in [5.41, 5.74) is 2.79. The molecule has 0 bridgehead atoms. The Balaban J connectivity index is 2.18. The molecular weight excluding hydrogens is 266 g/mol. The van der Waals surface area contributed by atoms with Crippen LogP contribution in [-0.4, -0.2) is 33.5 Å². The lowest BCUT2D eigenvalue weighted by molar-refractivity contribution is -0.0534. The van der Waals surface area contributed by atoms with Crippen LogP contribution >= 0.6 is 0 Å². The summed E-state index contributed by atoms with van der Waals surface area (Å²) < 4.78 is 7.92. The molecule has 1 unspecified atom stereocenters. The Morgan fingerprint density at radius 1 is 1.33 bits per heavy atom. The molecule has 0 spiro atoms. The van der Waals surface area contributed by atoms with Crippen molar-refractivity contribution in [1.29, 1.82) is 0 Å². The van der Waals surface area contributed by atoms with Crippen molar-refractivity contribution in [3.8, 4) is 0 Å². The normalized spacial score (nSPS) is 20.4. The van der Waals surface area contributed by atoms with Gasteiger partial charge in [0.25, 0.3) is 0 Å². The molecule has 1 aliphatic carbocycles. The topological polar surface area (TPSA) is 78.0 Å². The van der Waals surface area contributed by atoms with Gasteiger partial charge in [-0.25, -0.2) is 9.67 Å². The van der Waals surface area contributed by atoms with Gasteiger partial charge in [-0.1, -0.05) is 25.7 Å². The van der Waals surface area contributed by atoms with Gasteiger partial charge in [-0.15, -0.1) is 0 Å². The zero-order chi connectivity index (χ0) is 15.3. The molecule has 3 N–H and O–H groups in total. The molecule has 120 valence electrons. The predicted octanol–water partition coefficient (Wildman–Crippen LogP) is 1.97. The Hall–Kier alpha value is -0.980. The zero-order valence-electron chi connectivity index (χ0n) is 13.5. The molecule has 1 saturated carbocycles. The third-order valence-electron chi connectivity index (χ3n) is 4.72. The van der Waals surface area contributed by atoms with E-state index in [-0.39, 0.29) is 11.6 Å². The predicted molar refractivity (Wildman–Crippen MR) is 82.7 cm³/mol. The van der Waals surface area contributed by atoms with E-state index in [0.717, 1.165) is 25.1 Å². The minimum atomic E-state index is -0.195. The monoisotopic (exact) mass is 295 g/mol. The van der Waals surface area contributed by atoms with Crippen LogP contribution in [0, 0.1) is 0 Å². The van der Waals surface area contributed by atoms with E-state index in [2.05, 4.69) is 29.4 Å². The average molecular weight is 295 g/mol. The zero-order valence-corrected chi connectivity index (χ0v) is 13.5. The highest BCUT2D eigenvalue weighted by Crippen LogP contribution is 2.34. The summed E-state index contributed by atoms with van der Waals surface area (Å²) in [5, 5.41) is 4.31. The highest BCUT2D eigenvalue weighted by molar-refractivity contribution is 5.00. The first-order valence-electron chi connectivity index (χ1n) is 8.02. The number of aromatic nitrogens is 3. The maximum atomic E-state index is 5.96. The Morgan fingerprint density at radius 3 is 2.52 bits per heavy atom. The van der Waals surface area contributed by atoms with Crippen LogP contribution in [0.3, 0.4) is 0 Å². The summed E-state index contributed by atoms with van der Waals surface area (Å²) in [6.45, 7) is 4.22. The van der Waals surface area contributed by atoms with Crippen LogP contribution < -0.4 is 11.3 Å². The van der Waals surface area contributed by atoms with Crippen molar-refractivity contribution in [1.82, 2.24) is 20.2 Å². The standard InChI is InChI=1S/C15H29N5O/c1-12(2)20-14(17-11-18-20)10-13(19-16)15(21-3)8-6-4-5-7-9-15/h11-13,19H,4-10,16H2,1-3H3. The lowest BCUT2D eigenvalue weighted by Gasteiger charge is -2.38. The smallest absolute Gasteiger partial charge is 0.138 e. The summed E-state index contributed by atoms with van der Waals surface area (Å²) in [5.74, 6) is 6.84. The van der Waals surface area contributed by atoms with Gasteiger partial charge in [-0.2, -0.15) is 5.10 Å². The molecule has 0 radical (unpaired) electrons. The molecule has 1 aromatic heterocycles. The van der Waals surface area contributed by atoms with Crippen molar-refractivity contribution in [2.45, 2.75) is 76.5 Å². The van der Waals surface area contributed by atoms with Gasteiger partial charge in [0.05, 0.1) is 11.6 Å². The largest absolute Gasteiger partial charge is 0.377 e. The van der Waals surface area contributed by atoms with E-state index in [1.54, 1.807) is 6.33 Å². The van der Waals surface area contributed by atoms with Crippen molar-refractivity contribution in [2.24, 2.45) is 5.84 Å². The van der Waals surface area contributed by atoms with Gasteiger partial charge in [0.15, 0.2) is 0 Å². The Bertz CT molecular complexity index is 423. The molecular formula is C15H29N5O. The molecule has 0 aromatic carbocycles. The molecule has 1 fully saturated rings. The number of nitrogens with two attached hydrogens (primary N) is 1. The molecule has 0 saturated heterocycles. The Labute approximate surface area is 127 Å². The average Bonchev–Trinajstić information content (AvgIpc) is 2.81. The van der Waals surface area contributed by atoms with Gasteiger partial charge in [0.2, 0.25) is 0 Å². The number of methoxy groups -OCH3 is 1. The molecule has 6 nitrogen and oxygen atoms in total. The van der Waals surface area contributed by atoms with E-state index in [9.17, 15) is 0 Å². The summed E-state index contributed by atoms with van der Waals surface area (Å²) in [7, 11) is 1.81. The van der Waals surface area contributed by atoms with Crippen LogP contribution in [0.5, 0.6) is 0 Å². The molecule has 1 heterocycles. The van der Waals surface area contributed by atoms with Crippen molar-refractivity contribution in [3.05, 3.63) is 12.2 Å². The van der Waals surface area contributed by atoms with Gasteiger partial charge >= 0.3 is 0 Å². The van der Waals surface area contributed by atoms with E-state index < -0.39 is 0 Å². The molecule has 0 aliphatic heterocycles. The van der Waals surface area contributed by atoms with Crippen LogP contribution in [0.4, 0.5) is 0 Å². The third-order valence-corrected chi connectivity index (χ3v) is 4.72. The number of hydrazine groups is 1. The van der Waals surface area contributed by atoms with Crippen LogP contribution in [-0.2, 0) is 11.2 Å². The molecule has 1 atom stereocenters. The summed E-state index contributed by atoms with van der Waals surface area (Å²) in [4.78, 5) is 4.41. The number of hydrogen-bond acceptors (Lipinski definition) is 5. The number of rotatable bonds is 6. The molecule has 2 rings (SSSR count). The highest BCUT2D eigenvalue weighted by atomic mass is 16.5. The summed E-state index contributed by atoms with van der Waals surface area (Å²) in [6.07, 6.45) is 9.42.